The Hall–Kier alpha value is -2.08. The van der Waals surface area contributed by atoms with Gasteiger partial charge < -0.3 is 24.8 Å². The first-order chi connectivity index (χ1) is 14.7. The van der Waals surface area contributed by atoms with Crippen LogP contribution in [0.25, 0.3) is 0 Å². The summed E-state index contributed by atoms with van der Waals surface area (Å²) in [6, 6.07) is 0. The number of nitrogens with one attached hydrogen (secondary N) is 2. The van der Waals surface area contributed by atoms with E-state index in [2.05, 4.69) is 32.4 Å². The molecule has 1 saturated carbocycles. The van der Waals surface area contributed by atoms with Crippen molar-refractivity contribution in [1.29, 1.82) is 0 Å². The van der Waals surface area contributed by atoms with E-state index in [9.17, 15) is 4.79 Å². The van der Waals surface area contributed by atoms with Crippen molar-refractivity contribution >= 4 is 23.5 Å². The zero-order valence-corrected chi connectivity index (χ0v) is 19.8. The summed E-state index contributed by atoms with van der Waals surface area (Å²) in [6.45, 7) is 10.6. The number of alkyl carbamates (subject to hydrolysis) is 1. The van der Waals surface area contributed by atoms with Gasteiger partial charge >= 0.3 is 6.09 Å². The van der Waals surface area contributed by atoms with E-state index in [0.717, 1.165) is 25.7 Å². The molecule has 2 N–H and O–H groups in total. The van der Waals surface area contributed by atoms with Crippen LogP contribution in [0.1, 0.15) is 65.9 Å². The highest BCUT2D eigenvalue weighted by Gasteiger charge is 2.35. The van der Waals surface area contributed by atoms with Gasteiger partial charge in [0.15, 0.2) is 0 Å². The summed E-state index contributed by atoms with van der Waals surface area (Å²) >= 11 is 6.06. The predicted molar refractivity (Wildman–Crippen MR) is 120 cm³/mol. The van der Waals surface area contributed by atoms with Gasteiger partial charge in [-0.2, -0.15) is 4.98 Å². The van der Waals surface area contributed by atoms with Gasteiger partial charge in [-0.15, -0.1) is 0 Å². The lowest BCUT2D eigenvalue weighted by molar-refractivity contribution is -0.0969. The number of aromatic nitrogens is 2. The maximum Gasteiger partial charge on any atom is 0.407 e. The van der Waals surface area contributed by atoms with Crippen LogP contribution < -0.4 is 10.6 Å². The Morgan fingerprint density at radius 1 is 1.26 bits per heavy atom. The molecule has 31 heavy (non-hydrogen) atoms. The molecule has 0 aliphatic heterocycles. The molecule has 172 valence electrons. The molecule has 0 radical (unpaired) electrons. The maximum absolute atomic E-state index is 12.2. The zero-order valence-electron chi connectivity index (χ0n) is 19.0. The van der Waals surface area contributed by atoms with Crippen molar-refractivity contribution in [3.63, 3.8) is 0 Å². The molecule has 1 aliphatic rings. The average Bonchev–Trinajstić information content (AvgIpc) is 3.13. The summed E-state index contributed by atoms with van der Waals surface area (Å²) in [7, 11) is 0. The molecular weight excluding hydrogens is 420 g/mol. The minimum Gasteiger partial charge on any atom is -0.444 e. The second kappa shape index (κ2) is 11.5. The number of nitrogens with zero attached hydrogens (tertiary/aromatic N) is 2. The first kappa shape index (κ1) is 25.2. The quantitative estimate of drug-likeness (QED) is 0.348. The monoisotopic (exact) mass is 452 g/mol. The van der Waals surface area contributed by atoms with Crippen LogP contribution in [-0.4, -0.2) is 53.2 Å². The molecule has 8 nitrogen and oxygen atoms in total. The van der Waals surface area contributed by atoms with Crippen molar-refractivity contribution < 1.29 is 19.0 Å². The third kappa shape index (κ3) is 8.52. The van der Waals surface area contributed by atoms with Crippen molar-refractivity contribution in [2.75, 3.05) is 25.1 Å². The van der Waals surface area contributed by atoms with E-state index in [-0.39, 0.29) is 10.8 Å². The number of hydrogen-bond donors (Lipinski definition) is 2. The minimum absolute atomic E-state index is 0.118. The smallest absolute Gasteiger partial charge is 0.407 e. The van der Waals surface area contributed by atoms with E-state index in [1.807, 2.05) is 34.6 Å². The van der Waals surface area contributed by atoms with Gasteiger partial charge in [-0.1, -0.05) is 18.8 Å². The fourth-order valence-corrected chi connectivity index (χ4v) is 3.46. The number of rotatable bonds is 8. The normalized spacial score (nSPS) is 15.3. The molecule has 1 heterocycles. The summed E-state index contributed by atoms with van der Waals surface area (Å²) in [5, 5.41) is 6.48. The Morgan fingerprint density at radius 2 is 1.90 bits per heavy atom. The van der Waals surface area contributed by atoms with E-state index >= 15 is 0 Å². The number of carbonyl (C=O) groups is 1. The summed E-state index contributed by atoms with van der Waals surface area (Å²) in [5.74, 6) is 6.52. The van der Waals surface area contributed by atoms with Gasteiger partial charge in [-0.05, 0) is 65.0 Å². The molecule has 1 amide bonds. The third-order valence-corrected chi connectivity index (χ3v) is 4.82. The van der Waals surface area contributed by atoms with Crippen LogP contribution in [0, 0.1) is 11.8 Å². The molecule has 1 aromatic heterocycles. The third-order valence-electron chi connectivity index (χ3n) is 4.63. The van der Waals surface area contributed by atoms with Crippen LogP contribution in [0.2, 0.25) is 5.28 Å². The Kier molecular flexibility index (Phi) is 9.35. The molecular formula is C22H33ClN4O4. The number of carbonyl (C=O) groups excluding carboxylic acids is 1. The fraction of sp³-hybridized carbons (Fsp3) is 0.682. The van der Waals surface area contributed by atoms with Gasteiger partial charge in [0.2, 0.25) is 11.6 Å². The molecule has 0 bridgehead atoms. The molecule has 0 unspecified atom stereocenters. The number of anilines is 1. The predicted octanol–water partition coefficient (Wildman–Crippen LogP) is 4.13. The Morgan fingerprint density at radius 3 is 2.48 bits per heavy atom. The number of ether oxygens (including phenoxy) is 3. The average molecular weight is 453 g/mol. The zero-order chi connectivity index (χ0) is 22.9. The lowest BCUT2D eigenvalue weighted by Gasteiger charge is -2.32. The molecule has 1 aromatic rings. The second-order valence-electron chi connectivity index (χ2n) is 8.38. The number of hydrogen-bond acceptors (Lipinski definition) is 7. The molecule has 0 spiro atoms. The topological polar surface area (TPSA) is 94.6 Å². The van der Waals surface area contributed by atoms with Gasteiger partial charge in [0.1, 0.15) is 11.4 Å². The maximum atomic E-state index is 12.2. The van der Waals surface area contributed by atoms with E-state index in [0.29, 0.717) is 31.1 Å². The first-order valence-corrected chi connectivity index (χ1v) is 11.1. The molecule has 1 fully saturated rings. The van der Waals surface area contributed by atoms with Crippen LogP contribution in [-0.2, 0) is 14.2 Å². The van der Waals surface area contributed by atoms with Gasteiger partial charge in [0.25, 0.3) is 0 Å². The van der Waals surface area contributed by atoms with Crippen LogP contribution in [0.4, 0.5) is 10.6 Å². The highest BCUT2D eigenvalue weighted by molar-refractivity contribution is 6.28. The molecule has 0 atom stereocenters. The van der Waals surface area contributed by atoms with Gasteiger partial charge in [0, 0.05) is 26.0 Å². The van der Waals surface area contributed by atoms with Gasteiger partial charge in [-0.25, -0.2) is 9.78 Å². The summed E-state index contributed by atoms with van der Waals surface area (Å²) in [6.07, 6.45) is 4.32. The Balaban J connectivity index is 2.20. The number of amides is 1. The largest absolute Gasteiger partial charge is 0.444 e. The second-order valence-corrected chi connectivity index (χ2v) is 8.72. The molecule has 0 aromatic carbocycles. The summed E-state index contributed by atoms with van der Waals surface area (Å²) < 4.78 is 16.3. The lowest BCUT2D eigenvalue weighted by atomic mass is 9.97. The van der Waals surface area contributed by atoms with Crippen LogP contribution in [0.5, 0.6) is 0 Å². The minimum atomic E-state index is -0.632. The van der Waals surface area contributed by atoms with Crippen LogP contribution in [0.15, 0.2) is 6.20 Å². The van der Waals surface area contributed by atoms with E-state index in [1.165, 1.54) is 0 Å². The van der Waals surface area contributed by atoms with Gasteiger partial charge in [0.05, 0.1) is 11.1 Å². The van der Waals surface area contributed by atoms with E-state index in [1.54, 1.807) is 6.20 Å². The Labute approximate surface area is 189 Å². The van der Waals surface area contributed by atoms with Crippen LogP contribution in [0.3, 0.4) is 0 Å². The van der Waals surface area contributed by atoms with Crippen molar-refractivity contribution in [1.82, 2.24) is 15.3 Å². The van der Waals surface area contributed by atoms with Crippen molar-refractivity contribution in [2.45, 2.75) is 77.7 Å². The molecule has 9 heteroatoms. The SMILES string of the molecule is CCOC(C#Cc1cnc(Cl)nc1NC1(CNC(=O)OC(C)(C)C)CCCC1)OCC. The summed E-state index contributed by atoms with van der Waals surface area (Å²) in [5.41, 5.74) is -0.345. The standard InChI is InChI=1S/C22H33ClN4O4/c1-6-29-17(30-7-2)11-10-16-14-24-19(23)26-18(16)27-22(12-8-9-13-22)15-25-20(28)31-21(3,4)5/h14,17H,6-9,12-13,15H2,1-5H3,(H,25,28)(H,24,26,27). The molecule has 2 rings (SSSR count). The van der Waals surface area contributed by atoms with Crippen molar-refractivity contribution in [2.24, 2.45) is 0 Å². The Bertz CT molecular complexity index is 789. The van der Waals surface area contributed by atoms with E-state index in [4.69, 9.17) is 25.8 Å². The number of halogens is 1. The molecule has 1 aliphatic carbocycles. The van der Waals surface area contributed by atoms with Crippen LogP contribution >= 0.6 is 11.6 Å². The fourth-order valence-electron chi connectivity index (χ4n) is 3.32. The van der Waals surface area contributed by atoms with Crippen molar-refractivity contribution in [3.8, 4) is 11.8 Å². The first-order valence-electron chi connectivity index (χ1n) is 10.7. The molecule has 0 saturated heterocycles. The highest BCUT2D eigenvalue weighted by Crippen LogP contribution is 2.33. The van der Waals surface area contributed by atoms with Gasteiger partial charge in [-0.3, -0.25) is 0 Å². The highest BCUT2D eigenvalue weighted by atomic mass is 35.5. The summed E-state index contributed by atoms with van der Waals surface area (Å²) in [4.78, 5) is 20.6. The van der Waals surface area contributed by atoms with E-state index < -0.39 is 18.0 Å². The lowest BCUT2D eigenvalue weighted by Crippen LogP contribution is -2.48. The van der Waals surface area contributed by atoms with Crippen molar-refractivity contribution in [3.05, 3.63) is 17.0 Å².